The van der Waals surface area contributed by atoms with E-state index in [1.165, 1.54) is 23.3 Å². The number of halogens is 1. The second-order valence-electron chi connectivity index (χ2n) is 6.39. The molecule has 0 aliphatic heterocycles. The normalized spacial score (nSPS) is 12.3. The molecule has 0 spiro atoms. The third-order valence-electron chi connectivity index (χ3n) is 4.66. The van der Waals surface area contributed by atoms with E-state index in [-0.39, 0.29) is 11.9 Å². The topological polar surface area (TPSA) is 12.0 Å². The summed E-state index contributed by atoms with van der Waals surface area (Å²) in [6, 6.07) is 28.2. The van der Waals surface area contributed by atoms with Crippen LogP contribution in [-0.4, -0.2) is 6.54 Å². The average molecular weight is 333 g/mol. The predicted molar refractivity (Wildman–Crippen MR) is 102 cm³/mol. The van der Waals surface area contributed by atoms with E-state index in [4.69, 9.17) is 0 Å². The quantitative estimate of drug-likeness (QED) is 0.585. The van der Waals surface area contributed by atoms with Crippen LogP contribution in [-0.2, 0) is 0 Å². The van der Waals surface area contributed by atoms with Gasteiger partial charge in [0.15, 0.2) is 0 Å². The fourth-order valence-corrected chi connectivity index (χ4v) is 3.21. The van der Waals surface area contributed by atoms with Crippen LogP contribution in [0.3, 0.4) is 0 Å². The smallest absolute Gasteiger partial charge is 0.123 e. The van der Waals surface area contributed by atoms with Crippen LogP contribution in [0.2, 0.25) is 0 Å². The SMILES string of the molecule is CC(NCCC(c1ccccc1)c1ccccc1)c1ccc(F)cc1. The van der Waals surface area contributed by atoms with E-state index in [0.717, 1.165) is 18.5 Å². The summed E-state index contributed by atoms with van der Waals surface area (Å²) in [6.07, 6.45) is 1.01. The van der Waals surface area contributed by atoms with E-state index in [1.54, 1.807) is 0 Å². The van der Waals surface area contributed by atoms with E-state index in [9.17, 15) is 4.39 Å². The standard InChI is InChI=1S/C23H24FN/c1-18(19-12-14-22(24)15-13-19)25-17-16-23(20-8-4-2-5-9-20)21-10-6-3-7-11-21/h2-15,18,23,25H,16-17H2,1H3. The molecule has 0 amide bonds. The summed E-state index contributed by atoms with van der Waals surface area (Å²) in [5.41, 5.74) is 3.78. The lowest BCUT2D eigenvalue weighted by molar-refractivity contribution is 0.538. The van der Waals surface area contributed by atoms with E-state index in [2.05, 4.69) is 72.9 Å². The lowest BCUT2D eigenvalue weighted by Gasteiger charge is -2.20. The van der Waals surface area contributed by atoms with Crippen molar-refractivity contribution < 1.29 is 4.39 Å². The Morgan fingerprint density at radius 3 is 1.76 bits per heavy atom. The van der Waals surface area contributed by atoms with Gasteiger partial charge < -0.3 is 5.32 Å². The first kappa shape index (κ1) is 17.4. The van der Waals surface area contributed by atoms with Crippen molar-refractivity contribution in [2.24, 2.45) is 0 Å². The maximum absolute atomic E-state index is 13.1. The Hall–Kier alpha value is -2.45. The highest BCUT2D eigenvalue weighted by Crippen LogP contribution is 2.27. The average Bonchev–Trinajstić information content (AvgIpc) is 2.67. The molecule has 3 rings (SSSR count). The lowest BCUT2D eigenvalue weighted by Crippen LogP contribution is -2.21. The van der Waals surface area contributed by atoms with Crippen molar-refractivity contribution >= 4 is 0 Å². The van der Waals surface area contributed by atoms with Gasteiger partial charge in [-0.2, -0.15) is 0 Å². The van der Waals surface area contributed by atoms with Crippen molar-refractivity contribution in [3.63, 3.8) is 0 Å². The third kappa shape index (κ3) is 4.77. The van der Waals surface area contributed by atoms with Crippen LogP contribution in [0.5, 0.6) is 0 Å². The molecule has 1 N–H and O–H groups in total. The van der Waals surface area contributed by atoms with Crippen LogP contribution in [0.1, 0.15) is 42.0 Å². The third-order valence-corrected chi connectivity index (χ3v) is 4.66. The van der Waals surface area contributed by atoms with Gasteiger partial charge in [0.25, 0.3) is 0 Å². The van der Waals surface area contributed by atoms with E-state index >= 15 is 0 Å². The second kappa shape index (κ2) is 8.59. The molecule has 0 aliphatic rings. The van der Waals surface area contributed by atoms with Gasteiger partial charge in [0, 0.05) is 12.0 Å². The van der Waals surface area contributed by atoms with Crippen molar-refractivity contribution in [1.82, 2.24) is 5.32 Å². The molecule has 3 aromatic rings. The zero-order valence-corrected chi connectivity index (χ0v) is 14.5. The predicted octanol–water partition coefficient (Wildman–Crippen LogP) is 5.70. The van der Waals surface area contributed by atoms with Gasteiger partial charge in [0.1, 0.15) is 5.82 Å². The Bertz CT molecular complexity index is 714. The number of benzene rings is 3. The van der Waals surface area contributed by atoms with Crippen molar-refractivity contribution in [3.8, 4) is 0 Å². The summed E-state index contributed by atoms with van der Waals surface area (Å²) in [6.45, 7) is 3.01. The largest absolute Gasteiger partial charge is 0.310 e. The molecule has 2 heteroatoms. The molecule has 0 aromatic heterocycles. The zero-order valence-electron chi connectivity index (χ0n) is 14.5. The summed E-state index contributed by atoms with van der Waals surface area (Å²) in [5.74, 6) is 0.180. The highest BCUT2D eigenvalue weighted by Gasteiger charge is 2.14. The first-order valence-corrected chi connectivity index (χ1v) is 8.83. The fraction of sp³-hybridized carbons (Fsp3) is 0.217. The molecule has 0 saturated carbocycles. The number of nitrogens with one attached hydrogen (secondary N) is 1. The van der Waals surface area contributed by atoms with Gasteiger partial charge in [-0.05, 0) is 48.7 Å². The van der Waals surface area contributed by atoms with Crippen LogP contribution < -0.4 is 5.32 Å². The summed E-state index contributed by atoms with van der Waals surface area (Å²) in [4.78, 5) is 0. The van der Waals surface area contributed by atoms with Crippen molar-refractivity contribution in [2.45, 2.75) is 25.3 Å². The van der Waals surface area contributed by atoms with Crippen LogP contribution in [0.25, 0.3) is 0 Å². The van der Waals surface area contributed by atoms with Gasteiger partial charge in [-0.25, -0.2) is 4.39 Å². The van der Waals surface area contributed by atoms with Crippen LogP contribution >= 0.6 is 0 Å². The minimum atomic E-state index is -0.191. The van der Waals surface area contributed by atoms with E-state index < -0.39 is 0 Å². The van der Waals surface area contributed by atoms with Crippen molar-refractivity contribution in [3.05, 3.63) is 107 Å². The Kier molecular flexibility index (Phi) is 5.97. The summed E-state index contributed by atoms with van der Waals surface area (Å²) in [5, 5.41) is 3.57. The van der Waals surface area contributed by atoms with Crippen molar-refractivity contribution in [2.75, 3.05) is 6.54 Å². The Balaban J connectivity index is 1.66. The van der Waals surface area contributed by atoms with E-state index in [1.807, 2.05) is 12.1 Å². The minimum absolute atomic E-state index is 0.191. The molecule has 0 aliphatic carbocycles. The molecule has 1 nitrogen and oxygen atoms in total. The highest BCUT2D eigenvalue weighted by molar-refractivity contribution is 5.32. The molecule has 1 unspecified atom stereocenters. The van der Waals surface area contributed by atoms with Crippen molar-refractivity contribution in [1.29, 1.82) is 0 Å². The number of hydrogen-bond acceptors (Lipinski definition) is 1. The Morgan fingerprint density at radius 2 is 1.24 bits per heavy atom. The molecule has 0 fully saturated rings. The molecule has 0 saturated heterocycles. The molecule has 0 radical (unpaired) electrons. The summed E-state index contributed by atoms with van der Waals surface area (Å²) < 4.78 is 13.1. The van der Waals surface area contributed by atoms with E-state index in [0.29, 0.717) is 5.92 Å². The second-order valence-corrected chi connectivity index (χ2v) is 6.39. The molecule has 0 bridgehead atoms. The molecule has 128 valence electrons. The molecule has 1 atom stereocenters. The van der Waals surface area contributed by atoms with Crippen LogP contribution in [0.4, 0.5) is 4.39 Å². The maximum atomic E-state index is 13.1. The minimum Gasteiger partial charge on any atom is -0.310 e. The molecular weight excluding hydrogens is 309 g/mol. The maximum Gasteiger partial charge on any atom is 0.123 e. The first-order valence-electron chi connectivity index (χ1n) is 8.83. The molecular formula is C23H24FN. The van der Waals surface area contributed by atoms with Gasteiger partial charge in [-0.1, -0.05) is 72.8 Å². The number of hydrogen-bond donors (Lipinski definition) is 1. The Morgan fingerprint density at radius 1 is 0.720 bits per heavy atom. The van der Waals surface area contributed by atoms with Crippen LogP contribution in [0.15, 0.2) is 84.9 Å². The fourth-order valence-electron chi connectivity index (χ4n) is 3.21. The lowest BCUT2D eigenvalue weighted by atomic mass is 9.88. The van der Waals surface area contributed by atoms with Gasteiger partial charge in [-0.15, -0.1) is 0 Å². The molecule has 25 heavy (non-hydrogen) atoms. The summed E-state index contributed by atoms with van der Waals surface area (Å²) >= 11 is 0. The Labute approximate surface area is 149 Å². The van der Waals surface area contributed by atoms with Gasteiger partial charge in [0.2, 0.25) is 0 Å². The van der Waals surface area contributed by atoms with Gasteiger partial charge in [-0.3, -0.25) is 0 Å². The van der Waals surface area contributed by atoms with Gasteiger partial charge in [0.05, 0.1) is 0 Å². The first-order chi connectivity index (χ1) is 12.2. The highest BCUT2D eigenvalue weighted by atomic mass is 19.1. The monoisotopic (exact) mass is 333 g/mol. The molecule has 3 aromatic carbocycles. The van der Waals surface area contributed by atoms with Crippen LogP contribution in [0, 0.1) is 5.82 Å². The summed E-state index contributed by atoms with van der Waals surface area (Å²) in [7, 11) is 0. The van der Waals surface area contributed by atoms with Gasteiger partial charge >= 0.3 is 0 Å². The zero-order chi connectivity index (χ0) is 17.5. The number of rotatable bonds is 7. The molecule has 0 heterocycles.